The molecule has 2 fully saturated rings. The Bertz CT molecular complexity index is 289. The average molecular weight is 253 g/mol. The van der Waals surface area contributed by atoms with E-state index in [0.29, 0.717) is 0 Å². The van der Waals surface area contributed by atoms with Crippen molar-refractivity contribution in [3.05, 3.63) is 0 Å². The molecule has 0 bridgehead atoms. The van der Waals surface area contributed by atoms with Crippen LogP contribution < -0.4 is 11.1 Å². The molecule has 0 aromatic rings. The molecule has 1 saturated carbocycles. The van der Waals surface area contributed by atoms with Gasteiger partial charge < -0.3 is 16.0 Å². The van der Waals surface area contributed by atoms with Crippen molar-refractivity contribution in [2.24, 2.45) is 11.1 Å². The molecule has 0 aromatic heterocycles. The number of nitrogens with two attached hydrogens (primary N) is 1. The van der Waals surface area contributed by atoms with Gasteiger partial charge in [0, 0.05) is 19.1 Å². The number of likely N-dealkylation sites (tertiary alicyclic amines) is 1. The Morgan fingerprint density at radius 1 is 1.33 bits per heavy atom. The monoisotopic (exact) mass is 253 g/mol. The number of amides is 1. The van der Waals surface area contributed by atoms with E-state index in [1.165, 1.54) is 32.4 Å². The first-order chi connectivity index (χ1) is 8.63. The summed E-state index contributed by atoms with van der Waals surface area (Å²) in [6.07, 6.45) is 6.96. The minimum Gasteiger partial charge on any atom is -0.354 e. The summed E-state index contributed by atoms with van der Waals surface area (Å²) in [6.45, 7) is 6.14. The van der Waals surface area contributed by atoms with Crippen molar-refractivity contribution in [2.75, 3.05) is 26.2 Å². The number of nitrogens with zero attached hydrogens (tertiary/aromatic N) is 1. The van der Waals surface area contributed by atoms with Crippen LogP contribution in [0, 0.1) is 5.41 Å². The van der Waals surface area contributed by atoms with E-state index in [-0.39, 0.29) is 17.4 Å². The number of nitrogens with one attached hydrogen (secondary N) is 1. The molecule has 1 amide bonds. The summed E-state index contributed by atoms with van der Waals surface area (Å²) in [6, 6.07) is 0.0347. The number of carbonyl (C=O) groups excluding carboxylic acids is 1. The lowest BCUT2D eigenvalue weighted by molar-refractivity contribution is -0.130. The van der Waals surface area contributed by atoms with Crippen molar-refractivity contribution in [3.8, 4) is 0 Å². The number of hydrogen-bond acceptors (Lipinski definition) is 3. The predicted octanol–water partition coefficient (Wildman–Crippen LogP) is 1.11. The van der Waals surface area contributed by atoms with Crippen LogP contribution in [0.3, 0.4) is 0 Å². The number of piperidine rings is 1. The summed E-state index contributed by atoms with van der Waals surface area (Å²) in [7, 11) is 0. The van der Waals surface area contributed by atoms with Gasteiger partial charge in [-0.1, -0.05) is 12.8 Å². The molecule has 0 spiro atoms. The van der Waals surface area contributed by atoms with Gasteiger partial charge in [0.25, 0.3) is 0 Å². The van der Waals surface area contributed by atoms with Gasteiger partial charge in [-0.15, -0.1) is 0 Å². The first-order valence-corrected chi connectivity index (χ1v) is 7.39. The molecule has 2 atom stereocenters. The molecular formula is C14H27N3O. The molecule has 1 saturated heterocycles. The molecule has 18 heavy (non-hydrogen) atoms. The number of hydrogen-bond donors (Lipinski definition) is 2. The van der Waals surface area contributed by atoms with Crippen molar-refractivity contribution in [3.63, 3.8) is 0 Å². The van der Waals surface area contributed by atoms with Crippen LogP contribution in [-0.4, -0.2) is 43.0 Å². The summed E-state index contributed by atoms with van der Waals surface area (Å²) in [5.41, 5.74) is 5.73. The predicted molar refractivity (Wildman–Crippen MR) is 73.2 cm³/mol. The Kier molecular flexibility index (Phi) is 4.62. The van der Waals surface area contributed by atoms with Crippen LogP contribution in [0.25, 0.3) is 0 Å². The van der Waals surface area contributed by atoms with Gasteiger partial charge in [0.05, 0.1) is 5.41 Å². The smallest absolute Gasteiger partial charge is 0.227 e. The van der Waals surface area contributed by atoms with Crippen molar-refractivity contribution < 1.29 is 4.79 Å². The van der Waals surface area contributed by atoms with E-state index in [1.807, 2.05) is 6.92 Å². The number of carbonyl (C=O) groups is 1. The largest absolute Gasteiger partial charge is 0.354 e. The summed E-state index contributed by atoms with van der Waals surface area (Å²) in [4.78, 5) is 14.7. The van der Waals surface area contributed by atoms with Crippen molar-refractivity contribution in [1.29, 1.82) is 0 Å². The zero-order valence-corrected chi connectivity index (χ0v) is 11.6. The Morgan fingerprint density at radius 2 is 2.06 bits per heavy atom. The van der Waals surface area contributed by atoms with E-state index in [0.717, 1.165) is 32.4 Å². The van der Waals surface area contributed by atoms with Crippen molar-refractivity contribution in [2.45, 2.75) is 51.5 Å². The maximum Gasteiger partial charge on any atom is 0.227 e. The molecule has 3 N–H and O–H groups in total. The second-order valence-corrected chi connectivity index (χ2v) is 6.07. The van der Waals surface area contributed by atoms with Crippen LogP contribution in [0.15, 0.2) is 0 Å². The molecule has 0 aromatic carbocycles. The molecule has 1 heterocycles. The molecule has 0 radical (unpaired) electrons. The van der Waals surface area contributed by atoms with Gasteiger partial charge in [0.2, 0.25) is 5.91 Å². The Balaban J connectivity index is 1.71. The minimum absolute atomic E-state index is 0.0347. The molecule has 104 valence electrons. The van der Waals surface area contributed by atoms with Gasteiger partial charge in [0.1, 0.15) is 0 Å². The molecule has 1 aliphatic heterocycles. The van der Waals surface area contributed by atoms with Crippen LogP contribution in [0.5, 0.6) is 0 Å². The van der Waals surface area contributed by atoms with Crippen LogP contribution in [0.4, 0.5) is 0 Å². The van der Waals surface area contributed by atoms with E-state index in [4.69, 9.17) is 5.73 Å². The van der Waals surface area contributed by atoms with E-state index in [2.05, 4.69) is 10.2 Å². The Morgan fingerprint density at radius 3 is 2.67 bits per heavy atom. The second-order valence-electron chi connectivity index (χ2n) is 6.07. The summed E-state index contributed by atoms with van der Waals surface area (Å²) in [5.74, 6) is 0.157. The quantitative estimate of drug-likeness (QED) is 0.789. The highest BCUT2D eigenvalue weighted by atomic mass is 16.2. The molecule has 4 heteroatoms. The third kappa shape index (κ3) is 3.04. The fourth-order valence-corrected chi connectivity index (χ4v) is 3.19. The zero-order valence-electron chi connectivity index (χ0n) is 11.6. The third-order valence-corrected chi connectivity index (χ3v) is 4.71. The molecule has 2 rings (SSSR count). The van der Waals surface area contributed by atoms with Gasteiger partial charge in [-0.05, 0) is 45.7 Å². The second kappa shape index (κ2) is 6.02. The topological polar surface area (TPSA) is 58.4 Å². The van der Waals surface area contributed by atoms with Crippen LogP contribution in [-0.2, 0) is 4.79 Å². The third-order valence-electron chi connectivity index (χ3n) is 4.71. The highest BCUT2D eigenvalue weighted by Gasteiger charge is 2.42. The first kappa shape index (κ1) is 13.8. The van der Waals surface area contributed by atoms with E-state index >= 15 is 0 Å². The van der Waals surface area contributed by atoms with Crippen LogP contribution >= 0.6 is 0 Å². The van der Waals surface area contributed by atoms with Gasteiger partial charge >= 0.3 is 0 Å². The van der Waals surface area contributed by atoms with Crippen molar-refractivity contribution >= 4 is 5.91 Å². The van der Waals surface area contributed by atoms with Gasteiger partial charge in [-0.2, -0.15) is 0 Å². The summed E-state index contributed by atoms with van der Waals surface area (Å²) >= 11 is 0. The maximum absolute atomic E-state index is 12.2. The Hall–Kier alpha value is -0.610. The lowest BCUT2D eigenvalue weighted by Crippen LogP contribution is -2.49. The van der Waals surface area contributed by atoms with Gasteiger partial charge in [0.15, 0.2) is 0 Å². The van der Waals surface area contributed by atoms with Crippen molar-refractivity contribution in [1.82, 2.24) is 10.2 Å². The molecule has 1 aliphatic carbocycles. The lowest BCUT2D eigenvalue weighted by Gasteiger charge is -2.29. The molecule has 2 unspecified atom stereocenters. The average Bonchev–Trinajstić information content (AvgIpc) is 2.72. The van der Waals surface area contributed by atoms with Gasteiger partial charge in [-0.25, -0.2) is 0 Å². The fourth-order valence-electron chi connectivity index (χ4n) is 3.19. The van der Waals surface area contributed by atoms with Crippen LogP contribution in [0.2, 0.25) is 0 Å². The molecular weight excluding hydrogens is 226 g/mol. The van der Waals surface area contributed by atoms with E-state index in [1.54, 1.807) is 0 Å². The fraction of sp³-hybridized carbons (Fsp3) is 0.929. The molecule has 2 aliphatic rings. The molecule has 4 nitrogen and oxygen atoms in total. The first-order valence-electron chi connectivity index (χ1n) is 7.39. The minimum atomic E-state index is -0.331. The lowest BCUT2D eigenvalue weighted by atomic mass is 9.84. The SMILES string of the molecule is CC1(C(=O)NCCN2CCCCC2)CCCC1N. The Labute approximate surface area is 110 Å². The number of rotatable bonds is 4. The maximum atomic E-state index is 12.2. The standard InChI is InChI=1S/C14H27N3O/c1-14(7-5-6-12(14)15)13(18)16-8-11-17-9-3-2-4-10-17/h12H,2-11,15H2,1H3,(H,16,18). The highest BCUT2D eigenvalue weighted by Crippen LogP contribution is 2.36. The highest BCUT2D eigenvalue weighted by molar-refractivity contribution is 5.83. The van der Waals surface area contributed by atoms with Gasteiger partial charge in [-0.3, -0.25) is 4.79 Å². The van der Waals surface area contributed by atoms with E-state index < -0.39 is 0 Å². The summed E-state index contributed by atoms with van der Waals surface area (Å²) in [5, 5.41) is 3.08. The summed E-state index contributed by atoms with van der Waals surface area (Å²) < 4.78 is 0. The van der Waals surface area contributed by atoms with Crippen LogP contribution in [0.1, 0.15) is 45.4 Å². The zero-order chi connectivity index (χ0) is 13.0. The normalized spacial score (nSPS) is 33.6. The van der Waals surface area contributed by atoms with E-state index in [9.17, 15) is 4.79 Å².